The molecule has 2 saturated heterocycles. The van der Waals surface area contributed by atoms with Crippen LogP contribution in [-0.2, 0) is 15.8 Å². The zero-order chi connectivity index (χ0) is 17.5. The largest absolute Gasteiger partial charge is 0.432 e. The Hall–Kier alpha value is -2.06. The van der Waals surface area contributed by atoms with Gasteiger partial charge in [-0.3, -0.25) is 9.59 Å². The molecule has 1 atom stereocenters. The average Bonchev–Trinajstić information content (AvgIpc) is 2.95. The van der Waals surface area contributed by atoms with Crippen LogP contribution in [0.4, 0.5) is 13.2 Å². The molecule has 132 valence electrons. The number of piperidine rings is 1. The minimum Gasteiger partial charge on any atom is -0.342 e. The number of H-pyrrole nitrogens is 1. The van der Waals surface area contributed by atoms with Crippen LogP contribution < -0.4 is 0 Å². The fourth-order valence-corrected chi connectivity index (χ4v) is 3.24. The molecule has 3 rings (SSSR count). The Morgan fingerprint density at radius 1 is 1.25 bits per heavy atom. The fourth-order valence-electron chi connectivity index (χ4n) is 3.24. The van der Waals surface area contributed by atoms with E-state index in [4.69, 9.17) is 0 Å². The van der Waals surface area contributed by atoms with Crippen LogP contribution in [-0.4, -0.2) is 57.8 Å². The van der Waals surface area contributed by atoms with E-state index < -0.39 is 11.9 Å². The van der Waals surface area contributed by atoms with Gasteiger partial charge in [0, 0.05) is 39.0 Å². The molecule has 0 unspecified atom stereocenters. The molecule has 1 N–H and O–H groups in total. The Balaban J connectivity index is 1.61. The number of hydrogen-bond acceptors (Lipinski definition) is 3. The lowest BCUT2D eigenvalue weighted by Gasteiger charge is -2.42. The Bertz CT molecular complexity index is 637. The standard InChI is InChI=1S/C15H19F3N4O2/c1-9(23)22-7-11(8-22)14(24)21-4-2-3-10(6-21)13-19-5-12(20-13)15(16,17)18/h5,10-11H,2-4,6-8H2,1H3,(H,19,20)/t10-/m0/s1. The van der Waals surface area contributed by atoms with E-state index in [0.717, 1.165) is 12.6 Å². The van der Waals surface area contributed by atoms with Gasteiger partial charge in [0.2, 0.25) is 11.8 Å². The van der Waals surface area contributed by atoms with Crippen LogP contribution in [0.1, 0.15) is 37.2 Å². The van der Waals surface area contributed by atoms with E-state index >= 15 is 0 Å². The van der Waals surface area contributed by atoms with Gasteiger partial charge in [0.25, 0.3) is 0 Å². The van der Waals surface area contributed by atoms with Gasteiger partial charge in [-0.05, 0) is 12.8 Å². The van der Waals surface area contributed by atoms with Crippen LogP contribution in [0.3, 0.4) is 0 Å². The molecule has 2 aliphatic rings. The zero-order valence-electron chi connectivity index (χ0n) is 13.3. The number of nitrogens with zero attached hydrogens (tertiary/aromatic N) is 3. The third kappa shape index (κ3) is 3.25. The molecule has 0 saturated carbocycles. The Morgan fingerprint density at radius 3 is 2.54 bits per heavy atom. The summed E-state index contributed by atoms with van der Waals surface area (Å²) < 4.78 is 38.0. The van der Waals surface area contributed by atoms with Crippen LogP contribution >= 0.6 is 0 Å². The van der Waals surface area contributed by atoms with Gasteiger partial charge < -0.3 is 14.8 Å². The summed E-state index contributed by atoms with van der Waals surface area (Å²) in [6.45, 7) is 3.27. The predicted molar refractivity (Wildman–Crippen MR) is 77.9 cm³/mol. The summed E-state index contributed by atoms with van der Waals surface area (Å²) >= 11 is 0. The van der Waals surface area contributed by atoms with Crippen molar-refractivity contribution in [3.8, 4) is 0 Å². The van der Waals surface area contributed by atoms with E-state index in [1.54, 1.807) is 9.80 Å². The van der Waals surface area contributed by atoms with Gasteiger partial charge >= 0.3 is 6.18 Å². The molecule has 0 spiro atoms. The van der Waals surface area contributed by atoms with Gasteiger partial charge in [0.15, 0.2) is 0 Å². The Morgan fingerprint density at radius 2 is 1.96 bits per heavy atom. The summed E-state index contributed by atoms with van der Waals surface area (Å²) in [6.07, 6.45) is -2.23. The first-order valence-electron chi connectivity index (χ1n) is 7.92. The lowest BCUT2D eigenvalue weighted by molar-refractivity contribution is -0.148. The van der Waals surface area contributed by atoms with E-state index in [9.17, 15) is 22.8 Å². The first-order valence-corrected chi connectivity index (χ1v) is 7.92. The molecule has 0 radical (unpaired) electrons. The van der Waals surface area contributed by atoms with Gasteiger partial charge in [0.1, 0.15) is 11.5 Å². The highest BCUT2D eigenvalue weighted by Gasteiger charge is 2.39. The minimum absolute atomic E-state index is 0.0280. The lowest BCUT2D eigenvalue weighted by atomic mass is 9.93. The third-order valence-corrected chi connectivity index (χ3v) is 4.70. The van der Waals surface area contributed by atoms with E-state index in [1.807, 2.05) is 0 Å². The van der Waals surface area contributed by atoms with Gasteiger partial charge in [-0.1, -0.05) is 0 Å². The molecule has 9 heteroatoms. The van der Waals surface area contributed by atoms with Crippen molar-refractivity contribution in [2.45, 2.75) is 31.9 Å². The number of aromatic amines is 1. The predicted octanol–water partition coefficient (Wildman–Crippen LogP) is 1.61. The Labute approximate surface area is 137 Å². The molecular weight excluding hydrogens is 325 g/mol. The molecule has 1 aromatic heterocycles. The third-order valence-electron chi connectivity index (χ3n) is 4.70. The van der Waals surface area contributed by atoms with Crippen molar-refractivity contribution in [3.05, 3.63) is 17.7 Å². The van der Waals surface area contributed by atoms with Crippen molar-refractivity contribution < 1.29 is 22.8 Å². The number of carbonyl (C=O) groups is 2. The van der Waals surface area contributed by atoms with Crippen molar-refractivity contribution in [3.63, 3.8) is 0 Å². The summed E-state index contributed by atoms with van der Waals surface area (Å²) in [4.78, 5) is 33.1. The van der Waals surface area contributed by atoms with E-state index in [2.05, 4.69) is 9.97 Å². The van der Waals surface area contributed by atoms with Gasteiger partial charge in [-0.25, -0.2) is 4.98 Å². The van der Waals surface area contributed by atoms with Crippen LogP contribution in [0.2, 0.25) is 0 Å². The number of hydrogen-bond donors (Lipinski definition) is 1. The number of likely N-dealkylation sites (tertiary alicyclic amines) is 2. The molecule has 2 amide bonds. The van der Waals surface area contributed by atoms with Crippen molar-refractivity contribution in [1.29, 1.82) is 0 Å². The summed E-state index contributed by atoms with van der Waals surface area (Å²) in [5, 5.41) is 0. The van der Waals surface area contributed by atoms with Crippen molar-refractivity contribution in [2.24, 2.45) is 5.92 Å². The summed E-state index contributed by atoms with van der Waals surface area (Å²) in [5.41, 5.74) is -0.864. The maximum absolute atomic E-state index is 12.7. The van der Waals surface area contributed by atoms with Crippen molar-refractivity contribution in [2.75, 3.05) is 26.2 Å². The monoisotopic (exact) mass is 344 g/mol. The summed E-state index contributed by atoms with van der Waals surface area (Å²) in [7, 11) is 0. The number of halogens is 3. The number of rotatable bonds is 2. The molecular formula is C15H19F3N4O2. The Kier molecular flexibility index (Phi) is 4.27. The molecule has 0 aliphatic carbocycles. The van der Waals surface area contributed by atoms with Gasteiger partial charge in [-0.15, -0.1) is 0 Å². The van der Waals surface area contributed by atoms with Crippen molar-refractivity contribution in [1.82, 2.24) is 19.8 Å². The van der Waals surface area contributed by atoms with Crippen LogP contribution in [0, 0.1) is 5.92 Å². The normalized spacial score (nSPS) is 22.4. The van der Waals surface area contributed by atoms with Crippen molar-refractivity contribution >= 4 is 11.8 Å². The summed E-state index contributed by atoms with van der Waals surface area (Å²) in [6, 6.07) is 0. The average molecular weight is 344 g/mol. The topological polar surface area (TPSA) is 69.3 Å². The highest BCUT2D eigenvalue weighted by molar-refractivity contribution is 5.83. The second-order valence-electron chi connectivity index (χ2n) is 6.42. The van der Waals surface area contributed by atoms with Crippen LogP contribution in [0.15, 0.2) is 6.20 Å². The second-order valence-corrected chi connectivity index (χ2v) is 6.42. The maximum Gasteiger partial charge on any atom is 0.432 e. The molecule has 2 fully saturated rings. The first-order chi connectivity index (χ1) is 11.3. The number of alkyl halides is 3. The number of carbonyl (C=O) groups excluding carboxylic acids is 2. The smallest absolute Gasteiger partial charge is 0.342 e. The van der Waals surface area contributed by atoms with Crippen LogP contribution in [0.25, 0.3) is 0 Å². The molecule has 24 heavy (non-hydrogen) atoms. The minimum atomic E-state index is -4.45. The zero-order valence-corrected chi connectivity index (χ0v) is 13.3. The molecule has 0 bridgehead atoms. The van der Waals surface area contributed by atoms with E-state index in [0.29, 0.717) is 32.6 Å². The molecule has 2 aliphatic heterocycles. The quantitative estimate of drug-likeness (QED) is 0.886. The van der Waals surface area contributed by atoms with E-state index in [-0.39, 0.29) is 29.5 Å². The van der Waals surface area contributed by atoms with Gasteiger partial charge in [0.05, 0.1) is 12.1 Å². The number of nitrogens with one attached hydrogen (secondary N) is 1. The summed E-state index contributed by atoms with van der Waals surface area (Å²) in [5.74, 6) is -0.220. The SMILES string of the molecule is CC(=O)N1CC(C(=O)N2CCC[C@H](c3ncc(C(F)(F)F)[nH]3)C2)C1. The van der Waals surface area contributed by atoms with Crippen LogP contribution in [0.5, 0.6) is 0 Å². The maximum atomic E-state index is 12.7. The first kappa shape index (κ1) is 16.8. The molecule has 0 aromatic carbocycles. The number of amides is 2. The van der Waals surface area contributed by atoms with Gasteiger partial charge in [-0.2, -0.15) is 13.2 Å². The number of aromatic nitrogens is 2. The fraction of sp³-hybridized carbons (Fsp3) is 0.667. The second kappa shape index (κ2) is 6.10. The highest BCUT2D eigenvalue weighted by atomic mass is 19.4. The number of imidazole rings is 1. The molecule has 1 aromatic rings. The van der Waals surface area contributed by atoms with E-state index in [1.165, 1.54) is 6.92 Å². The molecule has 3 heterocycles. The molecule has 6 nitrogen and oxygen atoms in total. The highest BCUT2D eigenvalue weighted by Crippen LogP contribution is 2.31. The lowest BCUT2D eigenvalue weighted by Crippen LogP contribution is -2.57.